The van der Waals surface area contributed by atoms with Gasteiger partial charge in [0.05, 0.1) is 18.3 Å². The van der Waals surface area contributed by atoms with Crippen LogP contribution in [-0.2, 0) is 22.6 Å². The lowest BCUT2D eigenvalue weighted by Gasteiger charge is -2.17. The smallest absolute Gasteiger partial charge is 0.405 e. The van der Waals surface area contributed by atoms with Gasteiger partial charge >= 0.3 is 6.09 Å². The highest BCUT2D eigenvalue weighted by Gasteiger charge is 2.22. The lowest BCUT2D eigenvalue weighted by molar-refractivity contribution is -0.123. The second kappa shape index (κ2) is 13.2. The van der Waals surface area contributed by atoms with Gasteiger partial charge in [0.2, 0.25) is 11.8 Å². The fourth-order valence-electron chi connectivity index (χ4n) is 3.90. The molecule has 0 saturated carbocycles. The number of fused-ring (bicyclic) bond motifs is 1. The highest BCUT2D eigenvalue weighted by molar-refractivity contribution is 6.29. The Bertz CT molecular complexity index is 1500. The van der Waals surface area contributed by atoms with Crippen molar-refractivity contribution in [3.05, 3.63) is 63.2 Å². The average Bonchev–Trinajstić information content (AvgIpc) is 3.29. The maximum Gasteiger partial charge on any atom is 0.405 e. The van der Waals surface area contributed by atoms with E-state index in [1.807, 2.05) is 13.8 Å². The van der Waals surface area contributed by atoms with Crippen molar-refractivity contribution >= 4 is 46.4 Å². The first-order valence-corrected chi connectivity index (χ1v) is 12.8. The Labute approximate surface area is 234 Å². The van der Waals surface area contributed by atoms with Crippen LogP contribution in [0.2, 0.25) is 5.15 Å². The molecule has 0 bridgehead atoms. The van der Waals surface area contributed by atoms with Gasteiger partial charge in [0.15, 0.2) is 5.65 Å². The van der Waals surface area contributed by atoms with Crippen molar-refractivity contribution in [2.75, 3.05) is 19.4 Å². The van der Waals surface area contributed by atoms with E-state index in [4.69, 9.17) is 16.7 Å². The van der Waals surface area contributed by atoms with Crippen molar-refractivity contribution in [1.29, 1.82) is 0 Å². The molecule has 3 amide bonds. The van der Waals surface area contributed by atoms with Crippen molar-refractivity contribution in [2.45, 2.75) is 45.7 Å². The number of allylic oxidation sites excluding steroid dienone is 1. The van der Waals surface area contributed by atoms with Crippen molar-refractivity contribution in [2.24, 2.45) is 5.92 Å². The van der Waals surface area contributed by atoms with Crippen molar-refractivity contribution in [3.63, 3.8) is 0 Å². The first-order chi connectivity index (χ1) is 18.9. The molecule has 3 heterocycles. The second-order valence-electron chi connectivity index (χ2n) is 9.73. The van der Waals surface area contributed by atoms with Gasteiger partial charge in [-0.2, -0.15) is 0 Å². The summed E-state index contributed by atoms with van der Waals surface area (Å²) in [6, 6.07) is 1.51. The van der Waals surface area contributed by atoms with Gasteiger partial charge in [-0.1, -0.05) is 31.5 Å². The summed E-state index contributed by atoms with van der Waals surface area (Å²) in [4.78, 5) is 61.8. The predicted molar refractivity (Wildman–Crippen MR) is 148 cm³/mol. The maximum atomic E-state index is 14.4. The molecule has 0 aliphatic rings. The Morgan fingerprint density at radius 1 is 1.27 bits per heavy atom. The topological polar surface area (TPSA) is 162 Å². The van der Waals surface area contributed by atoms with Crippen LogP contribution in [0.4, 0.5) is 14.9 Å². The zero-order chi connectivity index (χ0) is 29.6. The average molecular weight is 576 g/mol. The fraction of sp³-hybridized carbons (Fsp3) is 0.385. The van der Waals surface area contributed by atoms with E-state index >= 15 is 0 Å². The molecule has 3 aromatic rings. The Morgan fingerprint density at radius 2 is 2.00 bits per heavy atom. The van der Waals surface area contributed by atoms with Gasteiger partial charge in [0.1, 0.15) is 28.5 Å². The van der Waals surface area contributed by atoms with Crippen molar-refractivity contribution < 1.29 is 23.9 Å². The van der Waals surface area contributed by atoms with Crippen molar-refractivity contribution in [1.82, 2.24) is 29.7 Å². The Morgan fingerprint density at radius 3 is 2.65 bits per heavy atom. The van der Waals surface area contributed by atoms with E-state index in [1.165, 1.54) is 29.2 Å². The maximum absolute atomic E-state index is 14.4. The number of anilines is 1. The zero-order valence-electron chi connectivity index (χ0n) is 22.5. The van der Waals surface area contributed by atoms with Crippen LogP contribution in [0.3, 0.4) is 0 Å². The Hall–Kier alpha value is -4.26. The number of aromatic amines is 1. The molecule has 1 unspecified atom stereocenters. The Kier molecular flexibility index (Phi) is 9.99. The van der Waals surface area contributed by atoms with Gasteiger partial charge in [0, 0.05) is 19.7 Å². The van der Waals surface area contributed by atoms with Crippen LogP contribution in [0.15, 0.2) is 35.3 Å². The molecule has 40 heavy (non-hydrogen) atoms. The number of imidazole rings is 1. The van der Waals surface area contributed by atoms with Crippen LogP contribution in [0.1, 0.15) is 38.1 Å². The van der Waals surface area contributed by atoms with E-state index in [0.29, 0.717) is 29.0 Å². The monoisotopic (exact) mass is 575 g/mol. The van der Waals surface area contributed by atoms with Crippen molar-refractivity contribution in [3.8, 4) is 0 Å². The molecule has 1 atom stereocenters. The number of rotatable bonds is 11. The number of carbonyl (C=O) groups is 3. The predicted octanol–water partition coefficient (Wildman–Crippen LogP) is 3.16. The summed E-state index contributed by atoms with van der Waals surface area (Å²) >= 11 is 6.28. The number of hydrogen-bond acceptors (Lipinski definition) is 6. The van der Waals surface area contributed by atoms with Gasteiger partial charge in [-0.25, -0.2) is 19.2 Å². The first-order valence-electron chi connectivity index (χ1n) is 12.5. The molecule has 0 aliphatic heterocycles. The number of halogens is 2. The lowest BCUT2D eigenvalue weighted by atomic mass is 10.0. The number of carbonyl (C=O) groups excluding carboxylic acids is 2. The van der Waals surface area contributed by atoms with Gasteiger partial charge in [0.25, 0.3) is 5.56 Å². The molecule has 14 heteroatoms. The number of nitrogens with one attached hydrogen (secondary N) is 3. The summed E-state index contributed by atoms with van der Waals surface area (Å²) in [5, 5.41) is 13.8. The van der Waals surface area contributed by atoms with Crippen LogP contribution in [0.5, 0.6) is 0 Å². The van der Waals surface area contributed by atoms with Crippen LogP contribution in [0.25, 0.3) is 11.2 Å². The molecule has 0 fully saturated rings. The fourth-order valence-corrected chi connectivity index (χ4v) is 4.09. The molecule has 3 aromatic heterocycles. The van der Waals surface area contributed by atoms with Gasteiger partial charge in [-0.05, 0) is 43.4 Å². The van der Waals surface area contributed by atoms with Crippen LogP contribution < -0.4 is 16.2 Å². The number of H-pyrrole nitrogens is 1. The SMILES string of the molecule is CC(C)Cc1c(F)cnc2nc(Cn3c(Cl)ccc(NC(=O)C(CC/C=C/C(=O)N(C)C)NC(=O)O)c3=O)[nH]c12. The second-order valence-corrected chi connectivity index (χ2v) is 10.1. The highest BCUT2D eigenvalue weighted by Crippen LogP contribution is 2.22. The molecule has 0 spiro atoms. The third-order valence-corrected chi connectivity index (χ3v) is 6.19. The lowest BCUT2D eigenvalue weighted by Crippen LogP contribution is -2.44. The third kappa shape index (κ3) is 7.65. The minimum Gasteiger partial charge on any atom is -0.465 e. The first kappa shape index (κ1) is 30.3. The number of carboxylic acid groups (broad SMARTS) is 1. The number of likely N-dealkylation sites (N-methyl/N-ethyl adjacent to an activating group) is 1. The van der Waals surface area contributed by atoms with Crippen LogP contribution in [-0.4, -0.2) is 67.6 Å². The number of amides is 3. The van der Waals surface area contributed by atoms with Gasteiger partial charge < -0.3 is 25.6 Å². The summed E-state index contributed by atoms with van der Waals surface area (Å²) < 4.78 is 15.6. The quantitative estimate of drug-likeness (QED) is 0.201. The van der Waals surface area contributed by atoms with Gasteiger partial charge in [-0.15, -0.1) is 0 Å². The number of aromatic nitrogens is 4. The molecular weight excluding hydrogens is 545 g/mol. The van der Waals surface area contributed by atoms with E-state index < -0.39 is 29.4 Å². The molecule has 0 aromatic carbocycles. The normalized spacial score (nSPS) is 12.2. The van der Waals surface area contributed by atoms with E-state index in [-0.39, 0.29) is 42.1 Å². The molecule has 3 rings (SSSR count). The Balaban J connectivity index is 1.82. The summed E-state index contributed by atoms with van der Waals surface area (Å²) in [6.07, 6.45) is 3.26. The van der Waals surface area contributed by atoms with Crippen LogP contribution >= 0.6 is 11.6 Å². The summed E-state index contributed by atoms with van der Waals surface area (Å²) in [5.74, 6) is -0.992. The van der Waals surface area contributed by atoms with E-state index in [2.05, 4.69) is 25.6 Å². The standard InChI is InChI=1S/C26H31ClFN7O5/c1-14(2)11-15-16(28)12-29-23-22(15)32-20(33-23)13-35-19(27)10-9-18(25(35)38)30-24(37)17(31-26(39)40)7-5-6-8-21(36)34(3)4/h6,8-10,12,14,17,31H,5,7,11,13H2,1-4H3,(H,30,37)(H,39,40)(H,29,32,33)/b8-6+. The molecule has 12 nitrogen and oxygen atoms in total. The van der Waals surface area contributed by atoms with E-state index in [1.54, 1.807) is 14.1 Å². The van der Waals surface area contributed by atoms with E-state index in [9.17, 15) is 23.6 Å². The molecule has 0 saturated heterocycles. The number of hydrogen-bond donors (Lipinski definition) is 4. The number of pyridine rings is 2. The largest absolute Gasteiger partial charge is 0.465 e. The molecule has 4 N–H and O–H groups in total. The summed E-state index contributed by atoms with van der Waals surface area (Å²) in [5.41, 5.74) is 0.376. The van der Waals surface area contributed by atoms with Gasteiger partial charge in [-0.3, -0.25) is 19.0 Å². The number of nitrogens with zero attached hydrogens (tertiary/aromatic N) is 4. The molecular formula is C26H31ClFN7O5. The molecule has 214 valence electrons. The minimum atomic E-state index is -1.42. The highest BCUT2D eigenvalue weighted by atomic mass is 35.5. The molecule has 0 aliphatic carbocycles. The minimum absolute atomic E-state index is 0.0401. The van der Waals surface area contributed by atoms with Crippen LogP contribution in [0, 0.1) is 11.7 Å². The summed E-state index contributed by atoms with van der Waals surface area (Å²) in [6.45, 7) is 3.80. The summed E-state index contributed by atoms with van der Waals surface area (Å²) in [7, 11) is 3.17. The van der Waals surface area contributed by atoms with E-state index in [0.717, 1.165) is 10.8 Å². The zero-order valence-corrected chi connectivity index (χ0v) is 23.3. The third-order valence-electron chi connectivity index (χ3n) is 5.86. The molecule has 0 radical (unpaired) electrons.